The monoisotopic (exact) mass is 327 g/mol. The molecule has 1 aliphatic rings. The van der Waals surface area contributed by atoms with Crippen LogP contribution in [0.15, 0.2) is 28.1 Å². The van der Waals surface area contributed by atoms with Crippen molar-refractivity contribution in [3.8, 4) is 5.75 Å². The molecule has 22 heavy (non-hydrogen) atoms. The number of guanidine groups is 1. The first-order valence-electron chi connectivity index (χ1n) is 7.21. The molecule has 1 aromatic rings. The minimum absolute atomic E-state index is 0.105. The Hall–Kier alpha value is -1.80. The third kappa shape index (κ3) is 4.11. The molecule has 0 fully saturated rings. The number of benzene rings is 1. The summed E-state index contributed by atoms with van der Waals surface area (Å²) in [6.45, 7) is 4.30. The molecule has 0 saturated heterocycles. The number of rotatable bonds is 6. The number of hydrogen-bond donors (Lipinski definition) is 3. The highest BCUT2D eigenvalue weighted by Gasteiger charge is 2.27. The van der Waals surface area contributed by atoms with Crippen LogP contribution in [0.3, 0.4) is 0 Å². The zero-order valence-corrected chi connectivity index (χ0v) is 13.5. The standard InChI is InChI=1S/C14H21N3O4S/c1-3-4-7-21-11-5-6-12-13(8-11)22(19,20)17-14(16-12)15-9-10(2)18/h5-6,8,10,18H,3-4,7,9H2,1-2H3,(H2,15,16,17). The summed E-state index contributed by atoms with van der Waals surface area (Å²) in [7, 11) is -3.70. The molecule has 122 valence electrons. The van der Waals surface area contributed by atoms with Gasteiger partial charge in [0.25, 0.3) is 10.0 Å². The zero-order valence-electron chi connectivity index (χ0n) is 12.7. The molecular weight excluding hydrogens is 306 g/mol. The molecule has 0 amide bonds. The third-order valence-corrected chi connectivity index (χ3v) is 4.39. The van der Waals surface area contributed by atoms with Gasteiger partial charge in [0.2, 0.25) is 5.96 Å². The molecule has 2 rings (SSSR count). The van der Waals surface area contributed by atoms with Gasteiger partial charge >= 0.3 is 0 Å². The number of aliphatic hydroxyl groups is 1. The number of nitrogens with one attached hydrogen (secondary N) is 2. The van der Waals surface area contributed by atoms with E-state index in [4.69, 9.17) is 4.74 Å². The fraction of sp³-hybridized carbons (Fsp3) is 0.500. The quantitative estimate of drug-likeness (QED) is 0.684. The van der Waals surface area contributed by atoms with E-state index in [1.807, 2.05) is 0 Å². The SMILES string of the molecule is CCCCOc1ccc2c(c1)S(=O)(=O)NC(=NCC(C)O)N2. The smallest absolute Gasteiger partial charge is 0.266 e. The van der Waals surface area contributed by atoms with Gasteiger partial charge in [-0.15, -0.1) is 0 Å². The van der Waals surface area contributed by atoms with Crippen molar-refractivity contribution >= 4 is 21.7 Å². The normalized spacial score (nSPS) is 19.0. The van der Waals surface area contributed by atoms with Gasteiger partial charge in [0.15, 0.2) is 0 Å². The predicted octanol–water partition coefficient (Wildman–Crippen LogP) is 1.31. The molecule has 1 atom stereocenters. The van der Waals surface area contributed by atoms with Crippen molar-refractivity contribution < 1.29 is 18.3 Å². The lowest BCUT2D eigenvalue weighted by Gasteiger charge is -2.22. The average molecular weight is 327 g/mol. The summed E-state index contributed by atoms with van der Waals surface area (Å²) < 4.78 is 32.4. The van der Waals surface area contributed by atoms with E-state index < -0.39 is 16.1 Å². The van der Waals surface area contributed by atoms with Gasteiger partial charge in [0.1, 0.15) is 10.6 Å². The molecule has 0 saturated carbocycles. The minimum Gasteiger partial charge on any atom is -0.494 e. The highest BCUT2D eigenvalue weighted by atomic mass is 32.2. The Bertz CT molecular complexity index is 656. The summed E-state index contributed by atoms with van der Waals surface area (Å²) >= 11 is 0. The highest BCUT2D eigenvalue weighted by Crippen LogP contribution is 2.29. The molecule has 0 aromatic heterocycles. The summed E-state index contributed by atoms with van der Waals surface area (Å²) in [6.07, 6.45) is 1.28. The molecule has 1 aliphatic heterocycles. The van der Waals surface area contributed by atoms with Crippen LogP contribution in [0.5, 0.6) is 5.75 Å². The Morgan fingerprint density at radius 2 is 2.18 bits per heavy atom. The fourth-order valence-electron chi connectivity index (χ4n) is 1.88. The number of aliphatic hydroxyl groups excluding tert-OH is 1. The van der Waals surface area contributed by atoms with Crippen molar-refractivity contribution in [2.24, 2.45) is 4.99 Å². The molecule has 0 bridgehead atoms. The van der Waals surface area contributed by atoms with E-state index in [9.17, 15) is 13.5 Å². The number of hydrogen-bond acceptors (Lipinski definition) is 5. The van der Waals surface area contributed by atoms with Gasteiger partial charge in [-0.3, -0.25) is 0 Å². The van der Waals surface area contributed by atoms with Gasteiger partial charge < -0.3 is 15.2 Å². The number of nitrogens with zero attached hydrogens (tertiary/aromatic N) is 1. The Labute approximate surface area is 130 Å². The van der Waals surface area contributed by atoms with Gasteiger partial charge in [-0.2, -0.15) is 0 Å². The Kier molecular flexibility index (Phi) is 5.25. The fourth-order valence-corrected chi connectivity index (χ4v) is 3.04. The van der Waals surface area contributed by atoms with Crippen molar-refractivity contribution in [1.29, 1.82) is 0 Å². The van der Waals surface area contributed by atoms with E-state index in [2.05, 4.69) is 22.0 Å². The number of aliphatic imine (C=N–C) groups is 1. The maximum Gasteiger partial charge on any atom is 0.266 e. The first-order valence-corrected chi connectivity index (χ1v) is 8.70. The summed E-state index contributed by atoms with van der Waals surface area (Å²) in [5.74, 6) is 0.622. The van der Waals surface area contributed by atoms with Crippen molar-refractivity contribution in [3.05, 3.63) is 18.2 Å². The maximum absolute atomic E-state index is 12.3. The Morgan fingerprint density at radius 3 is 2.86 bits per heavy atom. The van der Waals surface area contributed by atoms with Crippen LogP contribution in [0, 0.1) is 0 Å². The minimum atomic E-state index is -3.70. The molecule has 0 aliphatic carbocycles. The summed E-state index contributed by atoms with van der Waals surface area (Å²) in [5.41, 5.74) is 0.436. The van der Waals surface area contributed by atoms with Crippen LogP contribution >= 0.6 is 0 Å². The summed E-state index contributed by atoms with van der Waals surface area (Å²) in [5, 5.41) is 12.1. The second-order valence-electron chi connectivity index (χ2n) is 5.13. The van der Waals surface area contributed by atoms with Crippen LogP contribution in [0.25, 0.3) is 0 Å². The zero-order chi connectivity index (χ0) is 16.2. The average Bonchev–Trinajstić information content (AvgIpc) is 2.45. The maximum atomic E-state index is 12.3. The van der Waals surface area contributed by atoms with Crippen molar-refractivity contribution in [1.82, 2.24) is 4.72 Å². The number of fused-ring (bicyclic) bond motifs is 1. The van der Waals surface area contributed by atoms with E-state index in [-0.39, 0.29) is 17.4 Å². The van der Waals surface area contributed by atoms with Crippen LogP contribution in [0.1, 0.15) is 26.7 Å². The first-order chi connectivity index (χ1) is 10.4. The van der Waals surface area contributed by atoms with Gasteiger partial charge in [0.05, 0.1) is 24.9 Å². The van der Waals surface area contributed by atoms with Gasteiger partial charge in [-0.25, -0.2) is 18.1 Å². The number of anilines is 1. The molecule has 1 unspecified atom stereocenters. The highest BCUT2D eigenvalue weighted by molar-refractivity contribution is 7.90. The van der Waals surface area contributed by atoms with Gasteiger partial charge in [-0.05, 0) is 25.5 Å². The topological polar surface area (TPSA) is 100 Å². The molecular formula is C14H21N3O4S. The van der Waals surface area contributed by atoms with Crippen LogP contribution in [-0.4, -0.2) is 38.7 Å². The predicted molar refractivity (Wildman–Crippen MR) is 84.8 cm³/mol. The Balaban J connectivity index is 2.22. The molecule has 8 heteroatoms. The lowest BCUT2D eigenvalue weighted by molar-refractivity contribution is 0.204. The van der Waals surface area contributed by atoms with Gasteiger partial charge in [-0.1, -0.05) is 13.3 Å². The Morgan fingerprint density at radius 1 is 1.41 bits per heavy atom. The van der Waals surface area contributed by atoms with E-state index in [1.54, 1.807) is 19.1 Å². The second-order valence-corrected chi connectivity index (χ2v) is 6.78. The number of sulfonamides is 1. The van der Waals surface area contributed by atoms with Crippen LogP contribution in [-0.2, 0) is 10.0 Å². The van der Waals surface area contributed by atoms with Crippen LogP contribution in [0.2, 0.25) is 0 Å². The third-order valence-electron chi connectivity index (χ3n) is 3.01. The lowest BCUT2D eigenvalue weighted by atomic mass is 10.3. The number of ether oxygens (including phenoxy) is 1. The van der Waals surface area contributed by atoms with Crippen LogP contribution < -0.4 is 14.8 Å². The first kappa shape index (κ1) is 16.6. The van der Waals surface area contributed by atoms with Crippen molar-refractivity contribution in [2.75, 3.05) is 18.5 Å². The van der Waals surface area contributed by atoms with Gasteiger partial charge in [0, 0.05) is 6.07 Å². The molecule has 3 N–H and O–H groups in total. The van der Waals surface area contributed by atoms with Crippen molar-refractivity contribution in [3.63, 3.8) is 0 Å². The second kappa shape index (κ2) is 6.97. The largest absolute Gasteiger partial charge is 0.494 e. The molecule has 0 radical (unpaired) electrons. The summed E-state index contributed by atoms with van der Waals surface area (Å²) in [4.78, 5) is 4.12. The van der Waals surface area contributed by atoms with E-state index >= 15 is 0 Å². The van der Waals surface area contributed by atoms with E-state index in [1.165, 1.54) is 6.07 Å². The molecule has 0 spiro atoms. The molecule has 7 nitrogen and oxygen atoms in total. The summed E-state index contributed by atoms with van der Waals surface area (Å²) in [6, 6.07) is 4.85. The van der Waals surface area contributed by atoms with E-state index in [0.29, 0.717) is 18.0 Å². The molecule has 1 aromatic carbocycles. The lowest BCUT2D eigenvalue weighted by Crippen LogP contribution is -2.41. The molecule has 1 heterocycles. The van der Waals surface area contributed by atoms with Crippen LogP contribution in [0.4, 0.5) is 5.69 Å². The van der Waals surface area contributed by atoms with E-state index in [0.717, 1.165) is 12.8 Å². The number of unbranched alkanes of at least 4 members (excludes halogenated alkanes) is 1. The van der Waals surface area contributed by atoms with Crippen molar-refractivity contribution in [2.45, 2.75) is 37.7 Å².